The number of carbonyl (C=O) groups excluding carboxylic acids is 2. The van der Waals surface area contributed by atoms with Gasteiger partial charge in [0.05, 0.1) is 41.4 Å². The molecule has 0 aliphatic carbocycles. The Bertz CT molecular complexity index is 1350. The summed E-state index contributed by atoms with van der Waals surface area (Å²) >= 11 is 0. The minimum absolute atomic E-state index is 0.0818. The van der Waals surface area contributed by atoms with Crippen LogP contribution in [0.1, 0.15) is 80.2 Å². The molecule has 0 saturated carbocycles. The molecule has 1 aromatic carbocycles. The molecule has 16 heteroatoms. The van der Waals surface area contributed by atoms with E-state index in [4.69, 9.17) is 14.2 Å². The molecule has 2 aliphatic rings. The first kappa shape index (κ1) is 43.8. The van der Waals surface area contributed by atoms with Gasteiger partial charge in [-0.1, -0.05) is 26.8 Å². The number of nitrogens with zero attached hydrogens (tertiary/aromatic N) is 1. The summed E-state index contributed by atoms with van der Waals surface area (Å²) in [7, 11) is 1.37. The van der Waals surface area contributed by atoms with Crippen molar-refractivity contribution in [1.82, 2.24) is 10.2 Å². The van der Waals surface area contributed by atoms with Crippen LogP contribution in [0.4, 0.5) is 23.7 Å². The molecule has 2 saturated heterocycles. The van der Waals surface area contributed by atoms with Crippen LogP contribution in [0.2, 0.25) is 0 Å². The van der Waals surface area contributed by atoms with Crippen LogP contribution in [0, 0.1) is 17.8 Å². The fourth-order valence-corrected chi connectivity index (χ4v) is 7.37. The van der Waals surface area contributed by atoms with Crippen LogP contribution in [0.3, 0.4) is 0 Å². The number of benzene rings is 1. The maximum Gasteiger partial charge on any atom is 0.416 e. The van der Waals surface area contributed by atoms with E-state index in [1.807, 2.05) is 6.92 Å². The Hall–Kier alpha value is -2.57. The number of amides is 2. The van der Waals surface area contributed by atoms with Crippen molar-refractivity contribution in [3.05, 3.63) is 29.8 Å². The number of aliphatic hydroxyl groups is 5. The van der Waals surface area contributed by atoms with Crippen molar-refractivity contribution >= 4 is 17.7 Å². The van der Waals surface area contributed by atoms with Gasteiger partial charge in [0, 0.05) is 24.7 Å². The van der Waals surface area contributed by atoms with E-state index in [1.54, 1.807) is 27.7 Å². The fourth-order valence-electron chi connectivity index (χ4n) is 7.37. The van der Waals surface area contributed by atoms with Gasteiger partial charge in [-0.3, -0.25) is 4.79 Å². The number of urea groups is 1. The average Bonchev–Trinajstić information content (AvgIpc) is 3.06. The van der Waals surface area contributed by atoms with Gasteiger partial charge in [-0.15, -0.1) is 0 Å². The second-order valence-electron chi connectivity index (χ2n) is 15.3. The van der Waals surface area contributed by atoms with Crippen molar-refractivity contribution in [2.45, 2.75) is 147 Å². The van der Waals surface area contributed by atoms with Crippen molar-refractivity contribution in [1.29, 1.82) is 0 Å². The molecule has 2 amide bonds. The molecule has 7 N–H and O–H groups in total. The summed E-state index contributed by atoms with van der Waals surface area (Å²) in [6.45, 7) is 13.1. The Labute approximate surface area is 303 Å². The van der Waals surface area contributed by atoms with Crippen molar-refractivity contribution in [2.75, 3.05) is 18.9 Å². The number of alkyl halides is 3. The van der Waals surface area contributed by atoms with Crippen molar-refractivity contribution < 1.29 is 62.5 Å². The minimum Gasteiger partial charge on any atom is -0.459 e. The van der Waals surface area contributed by atoms with Gasteiger partial charge >= 0.3 is 18.2 Å². The summed E-state index contributed by atoms with van der Waals surface area (Å²) in [6.07, 6.45) is -13.0. The van der Waals surface area contributed by atoms with E-state index in [0.29, 0.717) is 0 Å². The van der Waals surface area contributed by atoms with Gasteiger partial charge in [-0.2, -0.15) is 13.2 Å². The maximum atomic E-state index is 13.4. The number of hydrogen-bond donors (Lipinski definition) is 7. The molecule has 0 radical (unpaired) electrons. The first-order valence-electron chi connectivity index (χ1n) is 17.9. The van der Waals surface area contributed by atoms with Crippen molar-refractivity contribution in [3.63, 3.8) is 0 Å². The number of halogens is 3. The van der Waals surface area contributed by atoms with Crippen molar-refractivity contribution in [2.24, 2.45) is 17.8 Å². The summed E-state index contributed by atoms with van der Waals surface area (Å²) in [5, 5.41) is 63.1. The zero-order chi connectivity index (χ0) is 39.5. The number of esters is 1. The normalized spacial score (nSPS) is 40.2. The van der Waals surface area contributed by atoms with Crippen LogP contribution in [0.15, 0.2) is 24.3 Å². The molecule has 3 rings (SSSR count). The summed E-state index contributed by atoms with van der Waals surface area (Å²) in [5.74, 6) is -3.29. The number of hydrogen-bond acceptors (Lipinski definition) is 11. The third-order valence-electron chi connectivity index (χ3n) is 10.6. The van der Waals surface area contributed by atoms with Crippen LogP contribution in [0.5, 0.6) is 0 Å². The molecule has 52 heavy (non-hydrogen) atoms. The minimum atomic E-state index is -4.62. The topological polar surface area (TPSA) is 190 Å². The van der Waals surface area contributed by atoms with E-state index in [-0.39, 0.29) is 37.4 Å². The quantitative estimate of drug-likeness (QED) is 0.219. The lowest BCUT2D eigenvalue weighted by Crippen LogP contribution is -2.60. The summed E-state index contributed by atoms with van der Waals surface area (Å²) in [4.78, 5) is 27.8. The molecule has 0 bridgehead atoms. The van der Waals surface area contributed by atoms with E-state index >= 15 is 0 Å². The number of anilines is 1. The van der Waals surface area contributed by atoms with Gasteiger partial charge in [0.2, 0.25) is 0 Å². The molecule has 0 aromatic heterocycles. The second-order valence-corrected chi connectivity index (χ2v) is 15.3. The van der Waals surface area contributed by atoms with Crippen LogP contribution >= 0.6 is 0 Å². The van der Waals surface area contributed by atoms with E-state index in [1.165, 1.54) is 33.9 Å². The SMILES string of the molecule is CC[C@H]1OC(=O)[C@H](C)[C@@H](O)[C@H](C)[C@@H](O[C@@H]2O[C@H](C)C[C@H](N(C)C(=O)Nc3cccc(C(F)(F)F)c3)[C@H]2O)[C@](C)(O)C[C@@H](C)CN[C@H](C)[C@@H](O)[C@]1(C)O. The van der Waals surface area contributed by atoms with Crippen molar-refractivity contribution in [3.8, 4) is 0 Å². The number of carbonyl (C=O) groups is 2. The smallest absolute Gasteiger partial charge is 0.416 e. The van der Waals surface area contributed by atoms with E-state index in [0.717, 1.165) is 23.1 Å². The lowest BCUT2D eigenvalue weighted by atomic mass is 9.78. The average molecular weight is 750 g/mol. The highest BCUT2D eigenvalue weighted by Gasteiger charge is 2.50. The molecular formula is C36H58F3N3O10. The number of ether oxygens (including phenoxy) is 3. The molecule has 13 nitrogen and oxygen atoms in total. The Morgan fingerprint density at radius 2 is 1.73 bits per heavy atom. The second kappa shape index (κ2) is 17.3. The van der Waals surface area contributed by atoms with E-state index in [9.17, 15) is 48.3 Å². The van der Waals surface area contributed by atoms with Crippen LogP contribution in [-0.4, -0.2) is 122 Å². The molecular weight excluding hydrogens is 691 g/mol. The highest BCUT2D eigenvalue weighted by Crippen LogP contribution is 2.37. The lowest BCUT2D eigenvalue weighted by molar-refractivity contribution is -0.298. The molecule has 1 aromatic rings. The first-order valence-corrected chi connectivity index (χ1v) is 17.9. The van der Waals surface area contributed by atoms with Gasteiger partial charge in [-0.25, -0.2) is 4.79 Å². The summed E-state index contributed by atoms with van der Waals surface area (Å²) in [6, 6.07) is 1.75. The predicted molar refractivity (Wildman–Crippen MR) is 185 cm³/mol. The molecule has 2 aliphatic heterocycles. The predicted octanol–water partition coefficient (Wildman–Crippen LogP) is 3.25. The zero-order valence-electron chi connectivity index (χ0n) is 31.4. The number of rotatable bonds is 5. The molecule has 2 heterocycles. The number of likely N-dealkylation sites (N-methyl/N-ethyl adjacent to an activating group) is 1. The zero-order valence-corrected chi connectivity index (χ0v) is 31.4. The lowest BCUT2D eigenvalue weighted by Gasteiger charge is -2.47. The standard InChI is InChI=1S/C36H58F3N3O10/c1-10-26-35(8,49)29(45)22(6)40-17-18(2)16-34(7,48)30(20(4)27(43)21(5)31(46)51-26)52-32-28(44)25(14-19(3)50-32)42(9)33(47)41-24-13-11-12-23(15-24)36(37,38)39/h11-13,15,18-22,25-30,32,40,43-45,48-49H,10,14,16-17H2,1-9H3,(H,41,47)/t18-,19-,20+,21-,22-,25+,26-,27+,28-,29-,30-,32+,34-,35-/m1/s1. The monoisotopic (exact) mass is 749 g/mol. The van der Waals surface area contributed by atoms with Crippen LogP contribution < -0.4 is 10.6 Å². The van der Waals surface area contributed by atoms with Crippen LogP contribution in [0.25, 0.3) is 0 Å². The van der Waals surface area contributed by atoms with E-state index in [2.05, 4.69) is 10.6 Å². The molecule has 14 atom stereocenters. The number of aliphatic hydroxyl groups excluding tert-OH is 3. The van der Waals surface area contributed by atoms with Gasteiger partial charge in [0.25, 0.3) is 0 Å². The molecule has 0 spiro atoms. The largest absolute Gasteiger partial charge is 0.459 e. The third kappa shape index (κ3) is 10.3. The number of cyclic esters (lactones) is 1. The van der Waals surface area contributed by atoms with Crippen LogP contribution in [-0.2, 0) is 25.2 Å². The highest BCUT2D eigenvalue weighted by molar-refractivity contribution is 5.89. The molecule has 2 fully saturated rings. The Morgan fingerprint density at radius 3 is 2.33 bits per heavy atom. The third-order valence-corrected chi connectivity index (χ3v) is 10.6. The Kier molecular flexibility index (Phi) is 14.6. The molecule has 0 unspecified atom stereocenters. The van der Waals surface area contributed by atoms with Gasteiger partial charge in [-0.05, 0) is 84.5 Å². The maximum absolute atomic E-state index is 13.4. The fraction of sp³-hybridized carbons (Fsp3) is 0.778. The molecule has 298 valence electrons. The van der Waals surface area contributed by atoms with E-state index < -0.39 is 102 Å². The summed E-state index contributed by atoms with van der Waals surface area (Å²) in [5.41, 5.74) is -4.60. The Balaban J connectivity index is 1.91. The summed E-state index contributed by atoms with van der Waals surface area (Å²) < 4.78 is 57.8. The first-order chi connectivity index (χ1) is 23.9. The Morgan fingerprint density at radius 1 is 1.10 bits per heavy atom. The van der Waals surface area contributed by atoms with Gasteiger partial charge < -0.3 is 55.3 Å². The highest BCUT2D eigenvalue weighted by atomic mass is 19.4. The number of nitrogens with one attached hydrogen (secondary N) is 2. The van der Waals surface area contributed by atoms with Gasteiger partial charge in [0.1, 0.15) is 23.9 Å². The van der Waals surface area contributed by atoms with Gasteiger partial charge in [0.15, 0.2) is 6.29 Å².